The van der Waals surface area contributed by atoms with E-state index in [0.29, 0.717) is 6.61 Å². The number of hydrogen-bond donors (Lipinski definition) is 0. The zero-order chi connectivity index (χ0) is 27.1. The summed E-state index contributed by atoms with van der Waals surface area (Å²) in [6, 6.07) is 0. The molecule has 0 aromatic rings. The number of esters is 1. The molecule has 0 heterocycles. The van der Waals surface area contributed by atoms with Crippen LogP contribution < -0.4 is 0 Å². The van der Waals surface area contributed by atoms with Crippen molar-refractivity contribution in [1.82, 2.24) is 0 Å². The molecule has 222 valence electrons. The van der Waals surface area contributed by atoms with E-state index < -0.39 is 0 Å². The maximum Gasteiger partial charge on any atom is 0.308 e. The standard InChI is InChI=1S/C35H70O2/c1-4-7-10-13-15-17-19-20-21-23-26-29-32-34(31-28-25-12-9-6-3)35(36)37-33-30-27-24-22-18-16-14-11-8-5-2/h34H,4-33H2,1-3H3. The van der Waals surface area contributed by atoms with E-state index in [1.54, 1.807) is 0 Å². The number of rotatable bonds is 31. The summed E-state index contributed by atoms with van der Waals surface area (Å²) in [6.07, 6.45) is 38.2. The van der Waals surface area contributed by atoms with E-state index in [0.717, 1.165) is 19.3 Å². The predicted molar refractivity (Wildman–Crippen MR) is 165 cm³/mol. The van der Waals surface area contributed by atoms with Gasteiger partial charge in [0.1, 0.15) is 0 Å². The average Bonchev–Trinajstić information content (AvgIpc) is 2.90. The van der Waals surface area contributed by atoms with Crippen LogP contribution in [0.5, 0.6) is 0 Å². The molecule has 0 aliphatic rings. The summed E-state index contributed by atoms with van der Waals surface area (Å²) in [7, 11) is 0. The summed E-state index contributed by atoms with van der Waals surface area (Å²) in [5.41, 5.74) is 0. The highest BCUT2D eigenvalue weighted by atomic mass is 16.5. The number of unbranched alkanes of at least 4 members (excludes halogenated alkanes) is 24. The number of ether oxygens (including phenoxy) is 1. The molecule has 0 radical (unpaired) electrons. The zero-order valence-electron chi connectivity index (χ0n) is 26.1. The molecule has 2 heteroatoms. The minimum absolute atomic E-state index is 0.106. The maximum absolute atomic E-state index is 12.8. The van der Waals surface area contributed by atoms with Crippen LogP contribution in [0.15, 0.2) is 0 Å². The van der Waals surface area contributed by atoms with Gasteiger partial charge in [0.15, 0.2) is 0 Å². The highest BCUT2D eigenvalue weighted by Crippen LogP contribution is 2.21. The van der Waals surface area contributed by atoms with Crippen LogP contribution in [-0.4, -0.2) is 12.6 Å². The van der Waals surface area contributed by atoms with Crippen molar-refractivity contribution in [2.45, 2.75) is 207 Å². The Hall–Kier alpha value is -0.530. The zero-order valence-corrected chi connectivity index (χ0v) is 26.1. The van der Waals surface area contributed by atoms with Gasteiger partial charge in [-0.2, -0.15) is 0 Å². The van der Waals surface area contributed by atoms with Crippen LogP contribution in [0.2, 0.25) is 0 Å². The molecule has 0 aromatic heterocycles. The third kappa shape index (κ3) is 28.3. The third-order valence-corrected chi connectivity index (χ3v) is 8.14. The van der Waals surface area contributed by atoms with E-state index in [9.17, 15) is 4.79 Å². The molecule has 2 nitrogen and oxygen atoms in total. The van der Waals surface area contributed by atoms with Crippen molar-refractivity contribution >= 4 is 5.97 Å². The summed E-state index contributed by atoms with van der Waals surface area (Å²) in [4.78, 5) is 12.8. The predicted octanol–water partition coefficient (Wildman–Crippen LogP) is 12.5. The van der Waals surface area contributed by atoms with Crippen molar-refractivity contribution in [3.8, 4) is 0 Å². The average molecular weight is 523 g/mol. The van der Waals surface area contributed by atoms with Crippen molar-refractivity contribution in [1.29, 1.82) is 0 Å². The van der Waals surface area contributed by atoms with Crippen LogP contribution in [0.25, 0.3) is 0 Å². The lowest BCUT2D eigenvalue weighted by atomic mass is 9.94. The molecule has 0 N–H and O–H groups in total. The molecule has 0 aliphatic heterocycles. The molecular weight excluding hydrogens is 452 g/mol. The first-order chi connectivity index (χ1) is 18.3. The van der Waals surface area contributed by atoms with Crippen LogP contribution >= 0.6 is 0 Å². The highest BCUT2D eigenvalue weighted by molar-refractivity contribution is 5.72. The van der Waals surface area contributed by atoms with Gasteiger partial charge < -0.3 is 4.74 Å². The van der Waals surface area contributed by atoms with E-state index >= 15 is 0 Å². The number of carbonyl (C=O) groups is 1. The lowest BCUT2D eigenvalue weighted by Crippen LogP contribution is -2.18. The molecular formula is C35H70O2. The Labute approximate surface area is 234 Å². The Kier molecular flexibility index (Phi) is 31.2. The van der Waals surface area contributed by atoms with E-state index in [1.165, 1.54) is 167 Å². The SMILES string of the molecule is CCCCCCCCCCCCCCC(CCCCCCC)C(=O)OCCCCCCCCCCCC. The van der Waals surface area contributed by atoms with Gasteiger partial charge in [-0.15, -0.1) is 0 Å². The lowest BCUT2D eigenvalue weighted by Gasteiger charge is -2.16. The Morgan fingerprint density at radius 3 is 1.00 bits per heavy atom. The fourth-order valence-corrected chi connectivity index (χ4v) is 5.49. The molecule has 0 rings (SSSR count). The molecule has 0 saturated heterocycles. The second-order valence-electron chi connectivity index (χ2n) is 11.9. The summed E-state index contributed by atoms with van der Waals surface area (Å²) in [5, 5.41) is 0. The topological polar surface area (TPSA) is 26.3 Å². The Morgan fingerprint density at radius 1 is 0.405 bits per heavy atom. The molecule has 0 aliphatic carbocycles. The first-order valence-corrected chi connectivity index (χ1v) is 17.4. The summed E-state index contributed by atoms with van der Waals surface area (Å²) in [5.74, 6) is 0.252. The molecule has 1 atom stereocenters. The second-order valence-corrected chi connectivity index (χ2v) is 11.9. The van der Waals surface area contributed by atoms with Crippen molar-refractivity contribution in [2.75, 3.05) is 6.61 Å². The highest BCUT2D eigenvalue weighted by Gasteiger charge is 2.19. The minimum atomic E-state index is 0.106. The normalized spacial score (nSPS) is 12.2. The Morgan fingerprint density at radius 2 is 0.676 bits per heavy atom. The first-order valence-electron chi connectivity index (χ1n) is 17.4. The van der Waals surface area contributed by atoms with Crippen LogP contribution in [0, 0.1) is 5.92 Å². The van der Waals surface area contributed by atoms with E-state index in [2.05, 4.69) is 20.8 Å². The van der Waals surface area contributed by atoms with Crippen molar-refractivity contribution in [3.63, 3.8) is 0 Å². The Balaban J connectivity index is 3.90. The molecule has 0 bridgehead atoms. The monoisotopic (exact) mass is 523 g/mol. The molecule has 0 amide bonds. The molecule has 37 heavy (non-hydrogen) atoms. The third-order valence-electron chi connectivity index (χ3n) is 8.14. The van der Waals surface area contributed by atoms with Gasteiger partial charge in [0.25, 0.3) is 0 Å². The van der Waals surface area contributed by atoms with Gasteiger partial charge in [-0.3, -0.25) is 4.79 Å². The van der Waals surface area contributed by atoms with E-state index in [1.807, 2.05) is 0 Å². The second kappa shape index (κ2) is 31.7. The van der Waals surface area contributed by atoms with Gasteiger partial charge in [-0.25, -0.2) is 0 Å². The van der Waals surface area contributed by atoms with Crippen molar-refractivity contribution in [2.24, 2.45) is 5.92 Å². The largest absolute Gasteiger partial charge is 0.465 e. The van der Waals surface area contributed by atoms with E-state index in [4.69, 9.17) is 4.74 Å². The van der Waals surface area contributed by atoms with Crippen LogP contribution in [0.4, 0.5) is 0 Å². The van der Waals surface area contributed by atoms with Gasteiger partial charge in [-0.05, 0) is 19.3 Å². The van der Waals surface area contributed by atoms with Crippen molar-refractivity contribution in [3.05, 3.63) is 0 Å². The number of hydrogen-bond acceptors (Lipinski definition) is 2. The lowest BCUT2D eigenvalue weighted by molar-refractivity contribution is -0.149. The molecule has 0 saturated carbocycles. The molecule has 0 aromatic carbocycles. The van der Waals surface area contributed by atoms with Gasteiger partial charge in [0.2, 0.25) is 0 Å². The molecule has 1 unspecified atom stereocenters. The smallest absolute Gasteiger partial charge is 0.308 e. The Bertz CT molecular complexity index is 433. The first kappa shape index (κ1) is 36.5. The van der Waals surface area contributed by atoms with Crippen LogP contribution in [0.1, 0.15) is 207 Å². The minimum Gasteiger partial charge on any atom is -0.465 e. The molecule has 0 fully saturated rings. The molecule has 0 spiro atoms. The van der Waals surface area contributed by atoms with Gasteiger partial charge in [0, 0.05) is 0 Å². The summed E-state index contributed by atoms with van der Waals surface area (Å²) < 4.78 is 5.77. The van der Waals surface area contributed by atoms with E-state index in [-0.39, 0.29) is 11.9 Å². The maximum atomic E-state index is 12.8. The quantitative estimate of drug-likeness (QED) is 0.0668. The summed E-state index contributed by atoms with van der Waals surface area (Å²) in [6.45, 7) is 7.47. The fourth-order valence-electron chi connectivity index (χ4n) is 5.49. The fraction of sp³-hybridized carbons (Fsp3) is 0.971. The van der Waals surface area contributed by atoms with Gasteiger partial charge >= 0.3 is 5.97 Å². The van der Waals surface area contributed by atoms with Crippen LogP contribution in [-0.2, 0) is 9.53 Å². The van der Waals surface area contributed by atoms with Gasteiger partial charge in [-0.1, -0.05) is 188 Å². The number of carbonyl (C=O) groups excluding carboxylic acids is 1. The van der Waals surface area contributed by atoms with Crippen molar-refractivity contribution < 1.29 is 9.53 Å². The summed E-state index contributed by atoms with van der Waals surface area (Å²) >= 11 is 0. The van der Waals surface area contributed by atoms with Gasteiger partial charge in [0.05, 0.1) is 12.5 Å². The van der Waals surface area contributed by atoms with Crippen LogP contribution in [0.3, 0.4) is 0 Å².